The van der Waals surface area contributed by atoms with Crippen molar-refractivity contribution in [3.8, 4) is 0 Å². The zero-order valence-corrected chi connectivity index (χ0v) is 9.77. The van der Waals surface area contributed by atoms with Crippen LogP contribution in [-0.4, -0.2) is 42.7 Å². The average Bonchev–Trinajstić information content (AvgIpc) is 2.89. The Morgan fingerprint density at radius 3 is 3.29 bits per heavy atom. The third-order valence-corrected chi connectivity index (χ3v) is 2.76. The first-order valence-electron chi connectivity index (χ1n) is 5.65. The molecule has 2 rings (SSSR count). The van der Waals surface area contributed by atoms with Crippen molar-refractivity contribution in [2.24, 2.45) is 5.92 Å². The molecule has 0 spiro atoms. The first-order valence-corrected chi connectivity index (χ1v) is 5.65. The molecule has 0 aromatic carbocycles. The molecule has 6 heteroatoms. The molecule has 1 aliphatic rings. The summed E-state index contributed by atoms with van der Waals surface area (Å²) in [7, 11) is 1.32. The average molecular weight is 236 g/mol. The van der Waals surface area contributed by atoms with Crippen molar-refractivity contribution in [2.45, 2.75) is 6.42 Å². The Morgan fingerprint density at radius 2 is 2.59 bits per heavy atom. The van der Waals surface area contributed by atoms with Crippen LogP contribution in [0.15, 0.2) is 12.3 Å². The molecule has 1 unspecified atom stereocenters. The summed E-state index contributed by atoms with van der Waals surface area (Å²) in [6, 6.07) is 1.74. The molecular weight excluding hydrogens is 220 g/mol. The predicted molar refractivity (Wildman–Crippen MR) is 62.8 cm³/mol. The van der Waals surface area contributed by atoms with Crippen molar-refractivity contribution >= 4 is 11.8 Å². The maximum Gasteiger partial charge on any atom is 0.376 e. The van der Waals surface area contributed by atoms with Crippen LogP contribution in [-0.2, 0) is 4.74 Å². The summed E-state index contributed by atoms with van der Waals surface area (Å²) in [5.41, 5.74) is 0. The van der Waals surface area contributed by atoms with Crippen LogP contribution >= 0.6 is 0 Å². The van der Waals surface area contributed by atoms with E-state index in [0.29, 0.717) is 11.7 Å². The van der Waals surface area contributed by atoms with Gasteiger partial charge in [0.1, 0.15) is 5.82 Å². The molecule has 1 aromatic rings. The number of nitrogens with zero attached hydrogens (tertiary/aromatic N) is 2. The van der Waals surface area contributed by atoms with Crippen molar-refractivity contribution in [3.63, 3.8) is 0 Å². The van der Waals surface area contributed by atoms with Crippen LogP contribution in [0.3, 0.4) is 0 Å². The molecule has 1 saturated heterocycles. The van der Waals surface area contributed by atoms with Gasteiger partial charge in [-0.1, -0.05) is 0 Å². The van der Waals surface area contributed by atoms with Crippen molar-refractivity contribution in [1.82, 2.24) is 15.3 Å². The lowest BCUT2D eigenvalue weighted by Crippen LogP contribution is -2.18. The summed E-state index contributed by atoms with van der Waals surface area (Å²) in [6.07, 6.45) is 2.72. The Morgan fingerprint density at radius 1 is 1.71 bits per heavy atom. The van der Waals surface area contributed by atoms with Crippen LogP contribution in [0.2, 0.25) is 0 Å². The minimum atomic E-state index is -0.517. The summed E-state index contributed by atoms with van der Waals surface area (Å²) >= 11 is 0. The second kappa shape index (κ2) is 5.58. The van der Waals surface area contributed by atoms with E-state index in [0.717, 1.165) is 19.6 Å². The Kier molecular flexibility index (Phi) is 3.87. The number of aromatic nitrogens is 2. The van der Waals surface area contributed by atoms with Gasteiger partial charge in [0.05, 0.1) is 7.11 Å². The number of hydrogen-bond donors (Lipinski definition) is 2. The minimum absolute atomic E-state index is 0.0852. The van der Waals surface area contributed by atoms with E-state index >= 15 is 0 Å². The summed E-state index contributed by atoms with van der Waals surface area (Å²) < 4.78 is 4.57. The number of esters is 1. The summed E-state index contributed by atoms with van der Waals surface area (Å²) in [4.78, 5) is 19.2. The van der Waals surface area contributed by atoms with Gasteiger partial charge in [0.15, 0.2) is 0 Å². The second-order valence-electron chi connectivity index (χ2n) is 4.00. The lowest BCUT2D eigenvalue weighted by Gasteiger charge is -2.10. The normalized spacial score (nSPS) is 19.0. The number of carbonyl (C=O) groups is 1. The van der Waals surface area contributed by atoms with Gasteiger partial charge >= 0.3 is 5.97 Å². The highest BCUT2D eigenvalue weighted by atomic mass is 16.5. The lowest BCUT2D eigenvalue weighted by molar-refractivity contribution is 0.0587. The third kappa shape index (κ3) is 3.13. The molecule has 2 N–H and O–H groups in total. The van der Waals surface area contributed by atoms with E-state index in [1.165, 1.54) is 13.5 Å². The van der Waals surface area contributed by atoms with Gasteiger partial charge in [0.2, 0.25) is 5.82 Å². The summed E-state index contributed by atoms with van der Waals surface area (Å²) in [6.45, 7) is 2.95. The maximum atomic E-state index is 11.2. The highest BCUT2D eigenvalue weighted by Crippen LogP contribution is 2.09. The van der Waals surface area contributed by atoms with Crippen molar-refractivity contribution < 1.29 is 9.53 Å². The summed E-state index contributed by atoms with van der Waals surface area (Å²) in [5, 5.41) is 6.51. The highest BCUT2D eigenvalue weighted by molar-refractivity contribution is 5.85. The van der Waals surface area contributed by atoms with E-state index in [1.54, 1.807) is 12.3 Å². The molecule has 0 amide bonds. The van der Waals surface area contributed by atoms with E-state index in [4.69, 9.17) is 0 Å². The third-order valence-electron chi connectivity index (χ3n) is 2.76. The zero-order chi connectivity index (χ0) is 12.1. The molecule has 6 nitrogen and oxygen atoms in total. The van der Waals surface area contributed by atoms with Gasteiger partial charge in [-0.3, -0.25) is 0 Å². The van der Waals surface area contributed by atoms with E-state index in [-0.39, 0.29) is 5.82 Å². The van der Waals surface area contributed by atoms with Crippen molar-refractivity contribution in [1.29, 1.82) is 0 Å². The molecule has 17 heavy (non-hydrogen) atoms. The monoisotopic (exact) mass is 236 g/mol. The molecule has 2 heterocycles. The Hall–Kier alpha value is -1.69. The van der Waals surface area contributed by atoms with Crippen molar-refractivity contribution in [3.05, 3.63) is 18.1 Å². The molecule has 1 aliphatic heterocycles. The molecule has 0 radical (unpaired) electrons. The van der Waals surface area contributed by atoms with Gasteiger partial charge in [-0.15, -0.1) is 0 Å². The van der Waals surface area contributed by atoms with E-state index in [2.05, 4.69) is 25.3 Å². The van der Waals surface area contributed by atoms with E-state index in [9.17, 15) is 4.79 Å². The predicted octanol–water partition coefficient (Wildman–Crippen LogP) is 0.285. The minimum Gasteiger partial charge on any atom is -0.463 e. The number of rotatable bonds is 4. The van der Waals surface area contributed by atoms with E-state index in [1.807, 2.05) is 0 Å². The largest absolute Gasteiger partial charge is 0.463 e. The summed E-state index contributed by atoms with van der Waals surface area (Å²) in [5.74, 6) is 0.845. The molecule has 0 bridgehead atoms. The number of methoxy groups -OCH3 is 1. The van der Waals surface area contributed by atoms with E-state index < -0.39 is 5.97 Å². The van der Waals surface area contributed by atoms with Gasteiger partial charge < -0.3 is 15.4 Å². The highest BCUT2D eigenvalue weighted by Gasteiger charge is 2.14. The topological polar surface area (TPSA) is 76.1 Å². The first-order chi connectivity index (χ1) is 8.29. The molecule has 92 valence electrons. The van der Waals surface area contributed by atoms with Crippen LogP contribution < -0.4 is 10.6 Å². The molecule has 0 saturated carbocycles. The molecule has 1 fully saturated rings. The van der Waals surface area contributed by atoms with Crippen molar-refractivity contribution in [2.75, 3.05) is 32.1 Å². The quantitative estimate of drug-likeness (QED) is 0.731. The molecular formula is C11H16N4O2. The SMILES string of the molecule is COC(=O)c1nccc(NCC2CCNC2)n1. The molecule has 1 atom stereocenters. The second-order valence-corrected chi connectivity index (χ2v) is 4.00. The number of nitrogens with one attached hydrogen (secondary N) is 2. The van der Waals surface area contributed by atoms with Gasteiger partial charge in [-0.2, -0.15) is 0 Å². The van der Waals surface area contributed by atoms with Gasteiger partial charge in [0.25, 0.3) is 0 Å². The number of hydrogen-bond acceptors (Lipinski definition) is 6. The number of carbonyl (C=O) groups excluding carboxylic acids is 1. The first kappa shape index (κ1) is 11.8. The Labute approximate surface area is 99.8 Å². The molecule has 1 aromatic heterocycles. The smallest absolute Gasteiger partial charge is 0.376 e. The number of ether oxygens (including phenoxy) is 1. The fraction of sp³-hybridized carbons (Fsp3) is 0.545. The number of anilines is 1. The van der Waals surface area contributed by atoms with Crippen LogP contribution in [0.25, 0.3) is 0 Å². The van der Waals surface area contributed by atoms with Crippen LogP contribution in [0.4, 0.5) is 5.82 Å². The van der Waals surface area contributed by atoms with Gasteiger partial charge in [0, 0.05) is 12.7 Å². The van der Waals surface area contributed by atoms with Gasteiger partial charge in [-0.25, -0.2) is 14.8 Å². The Bertz CT molecular complexity index is 391. The van der Waals surface area contributed by atoms with Crippen LogP contribution in [0, 0.1) is 5.92 Å². The van der Waals surface area contributed by atoms with Crippen LogP contribution in [0.1, 0.15) is 17.0 Å². The standard InChI is InChI=1S/C11H16N4O2/c1-17-11(16)10-13-5-3-9(15-10)14-7-8-2-4-12-6-8/h3,5,8,12H,2,4,6-7H2,1H3,(H,13,14,15). The zero-order valence-electron chi connectivity index (χ0n) is 9.77. The Balaban J connectivity index is 1.93. The fourth-order valence-electron chi connectivity index (χ4n) is 1.78. The lowest BCUT2D eigenvalue weighted by atomic mass is 10.1. The maximum absolute atomic E-state index is 11.2. The fourth-order valence-corrected chi connectivity index (χ4v) is 1.78. The molecule has 0 aliphatic carbocycles. The van der Waals surface area contributed by atoms with Crippen LogP contribution in [0.5, 0.6) is 0 Å². The van der Waals surface area contributed by atoms with Gasteiger partial charge in [-0.05, 0) is 31.5 Å².